The van der Waals surface area contributed by atoms with Crippen LogP contribution in [0, 0.1) is 33.5 Å². The van der Waals surface area contributed by atoms with Crippen molar-refractivity contribution in [3.05, 3.63) is 131 Å². The Balaban J connectivity index is 0.960. The zero-order valence-electron chi connectivity index (χ0n) is 44.3. The average Bonchev–Trinajstić information content (AvgIpc) is 3.47. The lowest BCUT2D eigenvalue weighted by atomic mass is 9.66. The molecule has 2 aliphatic carbocycles. The Morgan fingerprint density at radius 3 is 1.11 bits per heavy atom. The van der Waals surface area contributed by atoms with Crippen LogP contribution in [0.2, 0.25) is 0 Å². The molecular formula is C62H82O12. The number of benzene rings is 4. The smallest absolute Gasteiger partial charge is 0.176 e. The molecule has 2 saturated carbocycles. The molecule has 4 aliphatic heterocycles. The van der Waals surface area contributed by atoms with Crippen LogP contribution in [-0.2, 0) is 50.7 Å². The highest BCUT2D eigenvalue weighted by atomic mass is 16.7. The number of aliphatic hydroxyl groups excluding tert-OH is 4. The molecule has 4 saturated heterocycles. The third-order valence-corrected chi connectivity index (χ3v) is 19.3. The quantitative estimate of drug-likeness (QED) is 0.0898. The van der Waals surface area contributed by atoms with Gasteiger partial charge in [-0.15, -0.1) is 0 Å². The third kappa shape index (κ3) is 9.99. The summed E-state index contributed by atoms with van der Waals surface area (Å²) in [6.07, 6.45) is 6.34. The van der Waals surface area contributed by atoms with Crippen LogP contribution >= 0.6 is 0 Å². The highest BCUT2D eigenvalue weighted by molar-refractivity contribution is 5.65. The van der Waals surface area contributed by atoms with Crippen LogP contribution < -0.4 is 0 Å². The van der Waals surface area contributed by atoms with E-state index < -0.39 is 44.8 Å². The van der Waals surface area contributed by atoms with Gasteiger partial charge in [-0.2, -0.15) is 0 Å². The molecule has 12 nitrogen and oxygen atoms in total. The summed E-state index contributed by atoms with van der Waals surface area (Å²) in [5, 5.41) is 42.3. The summed E-state index contributed by atoms with van der Waals surface area (Å²) in [5.74, 6) is -4.64. The summed E-state index contributed by atoms with van der Waals surface area (Å²) in [7, 11) is 0. The zero-order chi connectivity index (χ0) is 51.7. The fourth-order valence-corrected chi connectivity index (χ4v) is 12.8. The Hall–Kier alpha value is -3.60. The lowest BCUT2D eigenvalue weighted by Gasteiger charge is -2.59. The Morgan fingerprint density at radius 2 is 0.716 bits per heavy atom. The molecule has 4 heterocycles. The number of rotatable bonds is 15. The van der Waals surface area contributed by atoms with E-state index in [2.05, 4.69) is 113 Å². The summed E-state index contributed by atoms with van der Waals surface area (Å²) in [5.41, 5.74) is 4.65. The monoisotopic (exact) mass is 1020 g/mol. The number of aliphatic hydroxyl groups is 4. The molecule has 4 unspecified atom stereocenters. The van der Waals surface area contributed by atoms with Gasteiger partial charge in [0.05, 0.1) is 79.3 Å². The average molecular weight is 1020 g/mol. The maximum Gasteiger partial charge on any atom is 0.176 e. The lowest BCUT2D eigenvalue weighted by molar-refractivity contribution is -0.405. The van der Waals surface area contributed by atoms with Crippen LogP contribution in [0.3, 0.4) is 0 Å². The standard InChI is InChI=1S/C62H82O12/c1-5-55(33-63)37-67-59(68-38-55)30-52(60(69-39-56(6-2,34-64)40-70-60)29-51(59)26-45-16-11-9-12-17-45)27-46-22-24-47(25-23-46)49-20-15-21-50(28-49)54-32-61(71-41-57(7-3,35-65)42-72-61)53(48-18-13-10-14-19-48)31-62(54)73-43-58(8-4,36-66)44-74-62/h9-25,28,51-54,63-66H,5-8,26-27,29-44H2,1-4H3. The molecule has 4 N–H and O–H groups in total. The van der Waals surface area contributed by atoms with E-state index in [0.29, 0.717) is 91.4 Å². The van der Waals surface area contributed by atoms with Crippen LogP contribution in [-0.4, -0.2) is 123 Å². The summed E-state index contributed by atoms with van der Waals surface area (Å²) in [6.45, 7) is 11.4. The second-order valence-electron chi connectivity index (χ2n) is 23.5. The third-order valence-electron chi connectivity index (χ3n) is 19.3. The molecule has 402 valence electrons. The topological polar surface area (TPSA) is 155 Å². The maximum atomic E-state index is 10.6. The number of hydrogen-bond acceptors (Lipinski definition) is 12. The molecule has 0 radical (unpaired) electrons. The summed E-state index contributed by atoms with van der Waals surface area (Å²) >= 11 is 0. The summed E-state index contributed by atoms with van der Waals surface area (Å²) < 4.78 is 56.1. The highest BCUT2D eigenvalue weighted by Crippen LogP contribution is 2.60. The molecule has 0 bridgehead atoms. The molecule has 4 aromatic carbocycles. The van der Waals surface area contributed by atoms with Gasteiger partial charge in [0.15, 0.2) is 23.1 Å². The van der Waals surface area contributed by atoms with E-state index in [1.54, 1.807) is 0 Å². The van der Waals surface area contributed by atoms with Gasteiger partial charge in [0.1, 0.15) is 0 Å². The normalized spacial score (nSPS) is 38.4. The van der Waals surface area contributed by atoms with E-state index in [1.807, 2.05) is 24.3 Å². The van der Waals surface area contributed by atoms with Gasteiger partial charge in [0.2, 0.25) is 0 Å². The van der Waals surface area contributed by atoms with E-state index >= 15 is 0 Å². The van der Waals surface area contributed by atoms with E-state index in [4.69, 9.17) is 37.9 Å². The zero-order valence-corrected chi connectivity index (χ0v) is 44.3. The van der Waals surface area contributed by atoms with Gasteiger partial charge in [0.25, 0.3) is 0 Å². The van der Waals surface area contributed by atoms with Gasteiger partial charge in [-0.25, -0.2) is 0 Å². The highest BCUT2D eigenvalue weighted by Gasteiger charge is 2.64. The van der Waals surface area contributed by atoms with Gasteiger partial charge in [-0.05, 0) is 71.9 Å². The minimum Gasteiger partial charge on any atom is -0.396 e. The molecule has 4 aromatic rings. The minimum atomic E-state index is -1.03. The molecule has 10 rings (SSSR count). The van der Waals surface area contributed by atoms with E-state index in [1.165, 1.54) is 5.56 Å². The predicted octanol–water partition coefficient (Wildman–Crippen LogP) is 9.35. The molecular weight excluding hydrogens is 937 g/mol. The Morgan fingerprint density at radius 1 is 0.365 bits per heavy atom. The second-order valence-corrected chi connectivity index (χ2v) is 23.5. The Kier molecular flexibility index (Phi) is 15.8. The summed E-state index contributed by atoms with van der Waals surface area (Å²) in [4.78, 5) is 0. The first-order chi connectivity index (χ1) is 35.9. The van der Waals surface area contributed by atoms with Crippen molar-refractivity contribution in [1.82, 2.24) is 0 Å². The van der Waals surface area contributed by atoms with Gasteiger partial charge < -0.3 is 58.3 Å². The molecule has 4 atom stereocenters. The van der Waals surface area contributed by atoms with Gasteiger partial charge in [-0.3, -0.25) is 0 Å². The maximum absolute atomic E-state index is 10.6. The van der Waals surface area contributed by atoms with Crippen LogP contribution in [0.25, 0.3) is 11.1 Å². The van der Waals surface area contributed by atoms with Crippen molar-refractivity contribution in [1.29, 1.82) is 0 Å². The van der Waals surface area contributed by atoms with Crippen LogP contribution in [0.15, 0.2) is 109 Å². The van der Waals surface area contributed by atoms with E-state index in [0.717, 1.165) is 53.5 Å². The molecule has 4 spiro atoms. The number of hydrogen-bond donors (Lipinski definition) is 4. The van der Waals surface area contributed by atoms with Crippen molar-refractivity contribution in [3.63, 3.8) is 0 Å². The SMILES string of the molecule is CCC1(CO)COC2(CC(Cc3ccc(-c4cccc(C5CC6(OCC(CC)(CO)CO6)C(c6ccccc6)CC56OCC(CC)(CO)CO6)c4)cc3)C3(CC2Cc2ccccc2)OCC(CC)(CO)CO3)OC1. The van der Waals surface area contributed by atoms with Crippen LogP contribution in [0.1, 0.15) is 113 Å². The predicted molar refractivity (Wildman–Crippen MR) is 281 cm³/mol. The molecule has 12 heteroatoms. The first-order valence-corrected chi connectivity index (χ1v) is 27.7. The molecule has 6 aliphatic rings. The molecule has 0 aromatic heterocycles. The minimum absolute atomic E-state index is 0.00524. The molecule has 0 amide bonds. The fraction of sp³-hybridized carbons (Fsp3) is 0.613. The van der Waals surface area contributed by atoms with Crippen molar-refractivity contribution in [3.8, 4) is 11.1 Å². The van der Waals surface area contributed by atoms with Crippen molar-refractivity contribution >= 4 is 0 Å². The van der Waals surface area contributed by atoms with Crippen molar-refractivity contribution in [2.24, 2.45) is 33.5 Å². The molecule has 74 heavy (non-hydrogen) atoms. The Labute approximate surface area is 439 Å². The van der Waals surface area contributed by atoms with Crippen molar-refractivity contribution < 1.29 is 58.3 Å². The van der Waals surface area contributed by atoms with Gasteiger partial charge >= 0.3 is 0 Å². The Bertz CT molecular complexity index is 2410. The lowest BCUT2D eigenvalue weighted by Crippen LogP contribution is -2.66. The second kappa shape index (κ2) is 21.7. The first-order valence-electron chi connectivity index (χ1n) is 27.7. The fourth-order valence-electron chi connectivity index (χ4n) is 12.8. The van der Waals surface area contributed by atoms with Crippen LogP contribution in [0.5, 0.6) is 0 Å². The van der Waals surface area contributed by atoms with Crippen molar-refractivity contribution in [2.75, 3.05) is 79.3 Å². The van der Waals surface area contributed by atoms with Crippen molar-refractivity contribution in [2.45, 2.75) is 127 Å². The van der Waals surface area contributed by atoms with E-state index in [9.17, 15) is 20.4 Å². The molecule has 6 fully saturated rings. The summed E-state index contributed by atoms with van der Waals surface area (Å²) in [6, 6.07) is 38.3. The van der Waals surface area contributed by atoms with Gasteiger partial charge in [-0.1, -0.05) is 137 Å². The largest absolute Gasteiger partial charge is 0.396 e. The first kappa shape index (κ1) is 53.8. The van der Waals surface area contributed by atoms with Gasteiger partial charge in [0, 0.05) is 71.0 Å². The number of ether oxygens (including phenoxy) is 8. The van der Waals surface area contributed by atoms with Crippen LogP contribution in [0.4, 0.5) is 0 Å². The van der Waals surface area contributed by atoms with E-state index in [-0.39, 0.29) is 50.1 Å².